The fourth-order valence-electron chi connectivity index (χ4n) is 1.73. The minimum absolute atomic E-state index is 0.0567. The standard InChI is InChI=1S/C16H16FN3O2/c1-22-15-5-3-2-4-14(15)18-11-16(21)20-19-10-12-6-8-13(17)9-7-12/h2-10,18H,11H2,1H3,(H,20,21)/b19-10-. The van der Waals surface area contributed by atoms with Crippen LogP contribution in [0.5, 0.6) is 5.75 Å². The minimum atomic E-state index is -0.317. The van der Waals surface area contributed by atoms with Crippen molar-refractivity contribution < 1.29 is 13.9 Å². The Bertz CT molecular complexity index is 657. The molecule has 0 saturated carbocycles. The van der Waals surface area contributed by atoms with E-state index in [0.29, 0.717) is 11.3 Å². The van der Waals surface area contributed by atoms with Gasteiger partial charge in [-0.05, 0) is 29.8 Å². The molecule has 0 spiro atoms. The Kier molecular flexibility index (Phi) is 5.48. The SMILES string of the molecule is COc1ccccc1NCC(=O)N/N=C\c1ccc(F)cc1. The van der Waals surface area contributed by atoms with Gasteiger partial charge in [0.2, 0.25) is 0 Å². The fourth-order valence-corrected chi connectivity index (χ4v) is 1.73. The summed E-state index contributed by atoms with van der Waals surface area (Å²) in [4.78, 5) is 11.7. The second-order valence-corrected chi connectivity index (χ2v) is 4.40. The topological polar surface area (TPSA) is 62.7 Å². The zero-order valence-electron chi connectivity index (χ0n) is 12.0. The van der Waals surface area contributed by atoms with Gasteiger partial charge in [0.1, 0.15) is 11.6 Å². The summed E-state index contributed by atoms with van der Waals surface area (Å²) in [6.45, 7) is 0.0567. The summed E-state index contributed by atoms with van der Waals surface area (Å²) < 4.78 is 17.9. The van der Waals surface area contributed by atoms with Crippen LogP contribution in [0.3, 0.4) is 0 Å². The van der Waals surface area contributed by atoms with Crippen LogP contribution in [0.4, 0.5) is 10.1 Å². The summed E-state index contributed by atoms with van der Waals surface area (Å²) in [7, 11) is 1.56. The van der Waals surface area contributed by atoms with Crippen LogP contribution in [0.2, 0.25) is 0 Å². The van der Waals surface area contributed by atoms with E-state index in [1.165, 1.54) is 18.3 Å². The molecule has 0 bridgehead atoms. The molecule has 0 radical (unpaired) electrons. The maximum atomic E-state index is 12.7. The third-order valence-corrected chi connectivity index (χ3v) is 2.82. The lowest BCUT2D eigenvalue weighted by Crippen LogP contribution is -2.26. The molecule has 0 fully saturated rings. The van der Waals surface area contributed by atoms with Gasteiger partial charge in [0.05, 0.1) is 25.6 Å². The highest BCUT2D eigenvalue weighted by molar-refractivity contribution is 5.84. The van der Waals surface area contributed by atoms with Gasteiger partial charge in [-0.25, -0.2) is 9.82 Å². The first kappa shape index (κ1) is 15.5. The molecule has 1 amide bonds. The van der Waals surface area contributed by atoms with E-state index in [-0.39, 0.29) is 18.3 Å². The fraction of sp³-hybridized carbons (Fsp3) is 0.125. The number of methoxy groups -OCH3 is 1. The van der Waals surface area contributed by atoms with Crippen molar-refractivity contribution in [2.24, 2.45) is 5.10 Å². The number of hydrogen-bond acceptors (Lipinski definition) is 4. The van der Waals surface area contributed by atoms with Crippen molar-refractivity contribution in [3.05, 3.63) is 59.9 Å². The first-order valence-electron chi connectivity index (χ1n) is 6.63. The van der Waals surface area contributed by atoms with Crippen LogP contribution in [-0.2, 0) is 4.79 Å². The normalized spacial score (nSPS) is 10.5. The number of carbonyl (C=O) groups is 1. The molecule has 114 valence electrons. The monoisotopic (exact) mass is 301 g/mol. The van der Waals surface area contributed by atoms with E-state index in [4.69, 9.17) is 4.74 Å². The van der Waals surface area contributed by atoms with Crippen LogP contribution < -0.4 is 15.5 Å². The zero-order chi connectivity index (χ0) is 15.8. The van der Waals surface area contributed by atoms with Gasteiger partial charge in [0.25, 0.3) is 5.91 Å². The zero-order valence-corrected chi connectivity index (χ0v) is 12.0. The van der Waals surface area contributed by atoms with Gasteiger partial charge in [-0.15, -0.1) is 0 Å². The summed E-state index contributed by atoms with van der Waals surface area (Å²) in [5, 5.41) is 6.77. The number of ether oxygens (including phenoxy) is 1. The van der Waals surface area contributed by atoms with Gasteiger partial charge in [-0.3, -0.25) is 4.79 Å². The van der Waals surface area contributed by atoms with Crippen molar-refractivity contribution in [2.75, 3.05) is 19.0 Å². The van der Waals surface area contributed by atoms with Crippen LogP contribution in [0.1, 0.15) is 5.56 Å². The number of anilines is 1. The molecule has 0 unspecified atom stereocenters. The Hall–Kier alpha value is -2.89. The molecular formula is C16H16FN3O2. The predicted molar refractivity (Wildman–Crippen MR) is 83.6 cm³/mol. The molecule has 0 aliphatic carbocycles. The van der Waals surface area contributed by atoms with Crippen LogP contribution >= 0.6 is 0 Å². The van der Waals surface area contributed by atoms with Gasteiger partial charge in [0, 0.05) is 0 Å². The number of benzene rings is 2. The minimum Gasteiger partial charge on any atom is -0.495 e. The molecule has 22 heavy (non-hydrogen) atoms. The van der Waals surface area contributed by atoms with E-state index in [1.807, 2.05) is 18.2 Å². The molecular weight excluding hydrogens is 285 g/mol. The third-order valence-electron chi connectivity index (χ3n) is 2.82. The molecule has 0 heterocycles. The van der Waals surface area contributed by atoms with Crippen LogP contribution in [-0.4, -0.2) is 25.8 Å². The average molecular weight is 301 g/mol. The van der Waals surface area contributed by atoms with Gasteiger partial charge in [-0.2, -0.15) is 5.10 Å². The third kappa shape index (κ3) is 4.59. The number of nitrogens with one attached hydrogen (secondary N) is 2. The van der Waals surface area contributed by atoms with Gasteiger partial charge < -0.3 is 10.1 Å². The number of amides is 1. The molecule has 0 aliphatic heterocycles. The summed E-state index contributed by atoms with van der Waals surface area (Å²) in [6.07, 6.45) is 1.44. The van der Waals surface area contributed by atoms with Crippen molar-refractivity contribution in [1.29, 1.82) is 0 Å². The Labute approximate surface area is 127 Å². The molecule has 2 rings (SSSR count). The Morgan fingerprint density at radius 1 is 1.23 bits per heavy atom. The number of hydrogen-bond donors (Lipinski definition) is 2. The molecule has 0 saturated heterocycles. The summed E-state index contributed by atoms with van der Waals surface area (Å²) in [5.41, 5.74) is 3.81. The van der Waals surface area contributed by atoms with Crippen LogP contribution in [0, 0.1) is 5.82 Å². The highest BCUT2D eigenvalue weighted by Gasteiger charge is 2.03. The number of rotatable bonds is 6. The Morgan fingerprint density at radius 3 is 2.68 bits per heavy atom. The van der Waals surface area contributed by atoms with E-state index >= 15 is 0 Å². The molecule has 2 N–H and O–H groups in total. The molecule has 5 nitrogen and oxygen atoms in total. The number of halogens is 1. The largest absolute Gasteiger partial charge is 0.495 e. The molecule has 0 aromatic heterocycles. The second kappa shape index (κ2) is 7.78. The lowest BCUT2D eigenvalue weighted by Gasteiger charge is -2.09. The first-order valence-corrected chi connectivity index (χ1v) is 6.63. The molecule has 0 atom stereocenters. The molecule has 6 heteroatoms. The lowest BCUT2D eigenvalue weighted by molar-refractivity contribution is -0.119. The Balaban J connectivity index is 1.82. The number of hydrazone groups is 1. The first-order chi connectivity index (χ1) is 10.7. The van der Waals surface area contributed by atoms with E-state index in [2.05, 4.69) is 15.8 Å². The molecule has 0 aliphatic rings. The van der Waals surface area contributed by atoms with Gasteiger partial charge in [0.15, 0.2) is 0 Å². The van der Waals surface area contributed by atoms with Crippen molar-refractivity contribution in [3.63, 3.8) is 0 Å². The summed E-state index contributed by atoms with van der Waals surface area (Å²) in [6, 6.07) is 13.1. The van der Waals surface area contributed by atoms with E-state index in [9.17, 15) is 9.18 Å². The smallest absolute Gasteiger partial charge is 0.259 e. The van der Waals surface area contributed by atoms with Gasteiger partial charge in [-0.1, -0.05) is 24.3 Å². The van der Waals surface area contributed by atoms with E-state index in [1.54, 1.807) is 25.3 Å². The maximum Gasteiger partial charge on any atom is 0.259 e. The predicted octanol–water partition coefficient (Wildman–Crippen LogP) is 2.40. The van der Waals surface area contributed by atoms with E-state index in [0.717, 1.165) is 5.69 Å². The Morgan fingerprint density at radius 2 is 1.95 bits per heavy atom. The highest BCUT2D eigenvalue weighted by Crippen LogP contribution is 2.22. The number of carbonyl (C=O) groups excluding carboxylic acids is 1. The average Bonchev–Trinajstić information content (AvgIpc) is 2.55. The maximum absolute atomic E-state index is 12.7. The van der Waals surface area contributed by atoms with E-state index < -0.39 is 0 Å². The summed E-state index contributed by atoms with van der Waals surface area (Å²) >= 11 is 0. The van der Waals surface area contributed by atoms with Crippen LogP contribution in [0.25, 0.3) is 0 Å². The highest BCUT2D eigenvalue weighted by atomic mass is 19.1. The number of para-hydroxylation sites is 2. The van der Waals surface area contributed by atoms with Crippen molar-refractivity contribution in [1.82, 2.24) is 5.43 Å². The lowest BCUT2D eigenvalue weighted by atomic mass is 10.2. The summed E-state index contributed by atoms with van der Waals surface area (Å²) in [5.74, 6) is 0.0385. The molecule has 2 aromatic rings. The molecule has 2 aromatic carbocycles. The van der Waals surface area contributed by atoms with Crippen molar-refractivity contribution >= 4 is 17.8 Å². The number of nitrogens with zero attached hydrogens (tertiary/aromatic N) is 1. The quantitative estimate of drug-likeness (QED) is 0.636. The van der Waals surface area contributed by atoms with Crippen LogP contribution in [0.15, 0.2) is 53.6 Å². The van der Waals surface area contributed by atoms with Gasteiger partial charge >= 0.3 is 0 Å². The van der Waals surface area contributed by atoms with Crippen molar-refractivity contribution in [3.8, 4) is 5.75 Å². The second-order valence-electron chi connectivity index (χ2n) is 4.40. The van der Waals surface area contributed by atoms with Crippen molar-refractivity contribution in [2.45, 2.75) is 0 Å².